The first-order valence-corrected chi connectivity index (χ1v) is 19.9. The van der Waals surface area contributed by atoms with E-state index >= 15 is 0 Å². The van der Waals surface area contributed by atoms with Gasteiger partial charge in [0.25, 0.3) is 0 Å². The number of hydrogen-bond acceptors (Lipinski definition) is 1. The Labute approximate surface area is 338 Å². The molecule has 0 atom stereocenters. The van der Waals surface area contributed by atoms with Crippen molar-refractivity contribution in [1.82, 2.24) is 4.57 Å². The summed E-state index contributed by atoms with van der Waals surface area (Å²) in [6.07, 6.45) is 0. The zero-order chi connectivity index (χ0) is 38.4. The topological polar surface area (TPSA) is 8.17 Å². The molecule has 0 N–H and O–H groups in total. The van der Waals surface area contributed by atoms with E-state index in [1.165, 1.54) is 76.7 Å². The molecule has 2 heteroatoms. The maximum absolute atomic E-state index is 2.44. The van der Waals surface area contributed by atoms with Gasteiger partial charge in [-0.05, 0) is 104 Å². The summed E-state index contributed by atoms with van der Waals surface area (Å²) in [5.41, 5.74) is 14.1. The van der Waals surface area contributed by atoms with Crippen LogP contribution in [0.1, 0.15) is 0 Å². The van der Waals surface area contributed by atoms with E-state index in [0.29, 0.717) is 0 Å². The fourth-order valence-electron chi connectivity index (χ4n) is 9.13. The summed E-state index contributed by atoms with van der Waals surface area (Å²) in [6, 6.07) is 83.7. The monoisotopic (exact) mass is 738 g/mol. The highest BCUT2D eigenvalue weighted by Gasteiger charge is 2.23. The van der Waals surface area contributed by atoms with Gasteiger partial charge < -0.3 is 9.47 Å². The van der Waals surface area contributed by atoms with Crippen molar-refractivity contribution in [3.8, 4) is 39.1 Å². The molecule has 0 amide bonds. The Hall–Kier alpha value is -7.68. The summed E-state index contributed by atoms with van der Waals surface area (Å²) < 4.78 is 2.40. The molecule has 2 nitrogen and oxygen atoms in total. The van der Waals surface area contributed by atoms with Gasteiger partial charge in [0.05, 0.1) is 16.7 Å². The van der Waals surface area contributed by atoms with Gasteiger partial charge in [-0.15, -0.1) is 0 Å². The number of nitrogens with zero attached hydrogens (tertiary/aromatic N) is 2. The van der Waals surface area contributed by atoms with Gasteiger partial charge >= 0.3 is 0 Å². The van der Waals surface area contributed by atoms with Crippen LogP contribution in [0.5, 0.6) is 0 Å². The van der Waals surface area contributed by atoms with Crippen LogP contribution >= 0.6 is 0 Å². The molecule has 0 aliphatic heterocycles. The van der Waals surface area contributed by atoms with Crippen LogP contribution in [0, 0.1) is 0 Å². The maximum Gasteiger partial charge on any atom is 0.0547 e. The van der Waals surface area contributed by atoms with Crippen molar-refractivity contribution in [2.75, 3.05) is 4.90 Å². The largest absolute Gasteiger partial charge is 0.310 e. The minimum atomic E-state index is 1.09. The second-order valence-electron chi connectivity index (χ2n) is 14.8. The van der Waals surface area contributed by atoms with Gasteiger partial charge in [-0.2, -0.15) is 0 Å². The third-order valence-electron chi connectivity index (χ3n) is 11.6. The summed E-state index contributed by atoms with van der Waals surface area (Å²) in [7, 11) is 0. The summed E-state index contributed by atoms with van der Waals surface area (Å²) in [5, 5.41) is 7.42. The molecule has 0 bridgehead atoms. The van der Waals surface area contributed by atoms with Crippen molar-refractivity contribution < 1.29 is 0 Å². The summed E-state index contributed by atoms with van der Waals surface area (Å²) in [4.78, 5) is 2.44. The lowest BCUT2D eigenvalue weighted by Crippen LogP contribution is -2.11. The van der Waals surface area contributed by atoms with E-state index in [2.05, 4.69) is 240 Å². The molecule has 11 aromatic rings. The Kier molecular flexibility index (Phi) is 8.19. The molecular weight excluding hydrogens is 701 g/mol. The molecule has 0 saturated heterocycles. The molecule has 1 heterocycles. The van der Waals surface area contributed by atoms with Gasteiger partial charge in [0.15, 0.2) is 0 Å². The fourth-order valence-corrected chi connectivity index (χ4v) is 9.13. The molecule has 0 fully saturated rings. The molecule has 10 aromatic carbocycles. The lowest BCUT2D eigenvalue weighted by Gasteiger charge is -2.29. The van der Waals surface area contributed by atoms with E-state index in [4.69, 9.17) is 0 Å². The van der Waals surface area contributed by atoms with Crippen molar-refractivity contribution in [2.24, 2.45) is 0 Å². The van der Waals surface area contributed by atoms with E-state index in [-0.39, 0.29) is 0 Å². The fraction of sp³-hybridized carbons (Fsp3) is 0. The van der Waals surface area contributed by atoms with Crippen LogP contribution in [0.3, 0.4) is 0 Å². The lowest BCUT2D eigenvalue weighted by molar-refractivity contribution is 1.18. The van der Waals surface area contributed by atoms with Gasteiger partial charge in [0, 0.05) is 33.4 Å². The van der Waals surface area contributed by atoms with E-state index in [1.807, 2.05) is 0 Å². The zero-order valence-corrected chi connectivity index (χ0v) is 31.8. The highest BCUT2D eigenvalue weighted by Crippen LogP contribution is 2.49. The second-order valence-corrected chi connectivity index (χ2v) is 14.8. The third kappa shape index (κ3) is 5.50. The van der Waals surface area contributed by atoms with E-state index in [0.717, 1.165) is 22.7 Å². The molecule has 0 saturated carbocycles. The average Bonchev–Trinajstić information content (AvgIpc) is 3.65. The number of fused-ring (bicyclic) bond motifs is 6. The molecule has 58 heavy (non-hydrogen) atoms. The van der Waals surface area contributed by atoms with Crippen LogP contribution in [0.15, 0.2) is 231 Å². The smallest absolute Gasteiger partial charge is 0.0547 e. The van der Waals surface area contributed by atoms with Crippen LogP contribution < -0.4 is 4.90 Å². The van der Waals surface area contributed by atoms with E-state index < -0.39 is 0 Å². The van der Waals surface area contributed by atoms with Crippen molar-refractivity contribution in [1.29, 1.82) is 0 Å². The Morgan fingerprint density at radius 3 is 1.55 bits per heavy atom. The van der Waals surface area contributed by atoms with Crippen molar-refractivity contribution >= 4 is 60.4 Å². The number of hydrogen-bond donors (Lipinski definition) is 0. The summed E-state index contributed by atoms with van der Waals surface area (Å²) in [5.74, 6) is 0. The molecule has 11 rings (SSSR count). The van der Waals surface area contributed by atoms with Gasteiger partial charge in [-0.25, -0.2) is 0 Å². The van der Waals surface area contributed by atoms with Crippen LogP contribution in [-0.4, -0.2) is 4.57 Å². The average molecular weight is 739 g/mol. The standard InChI is InChI=1S/C56H38N2/c1-5-20-39(21-6-1)54-47-30-14-13-28-44(47)45-37-36-43(38-50(45)55(54)40-22-7-2-8-23-40)57(41-24-9-3-10-25-41)51-33-17-15-29-46(51)48-32-19-35-53-56(48)49-31-16-18-34-52(49)58(53)42-26-11-4-12-27-42/h1-38H. The Morgan fingerprint density at radius 2 is 0.828 bits per heavy atom. The lowest BCUT2D eigenvalue weighted by atomic mass is 9.85. The van der Waals surface area contributed by atoms with Crippen LogP contribution in [-0.2, 0) is 0 Å². The minimum absolute atomic E-state index is 1.09. The number of rotatable bonds is 7. The van der Waals surface area contributed by atoms with E-state index in [9.17, 15) is 0 Å². The van der Waals surface area contributed by atoms with Crippen molar-refractivity contribution in [3.63, 3.8) is 0 Å². The van der Waals surface area contributed by atoms with Crippen molar-refractivity contribution in [3.05, 3.63) is 231 Å². The Balaban J connectivity index is 1.21. The number of benzene rings is 10. The number of aromatic nitrogens is 1. The van der Waals surface area contributed by atoms with Gasteiger partial charge in [-0.1, -0.05) is 176 Å². The van der Waals surface area contributed by atoms with Crippen LogP contribution in [0.2, 0.25) is 0 Å². The summed E-state index contributed by atoms with van der Waals surface area (Å²) >= 11 is 0. The molecule has 0 unspecified atom stereocenters. The Morgan fingerprint density at radius 1 is 0.310 bits per heavy atom. The first-order valence-electron chi connectivity index (χ1n) is 19.9. The zero-order valence-electron chi connectivity index (χ0n) is 31.8. The molecule has 0 aliphatic carbocycles. The predicted molar refractivity (Wildman–Crippen MR) is 247 cm³/mol. The van der Waals surface area contributed by atoms with Crippen molar-refractivity contribution in [2.45, 2.75) is 0 Å². The number of anilines is 3. The van der Waals surface area contributed by atoms with Gasteiger partial charge in [-0.3, -0.25) is 0 Å². The quantitative estimate of drug-likeness (QED) is 0.148. The molecule has 0 aliphatic rings. The third-order valence-corrected chi connectivity index (χ3v) is 11.6. The van der Waals surface area contributed by atoms with Gasteiger partial charge in [0.2, 0.25) is 0 Å². The molecule has 0 spiro atoms. The molecule has 272 valence electrons. The molecule has 0 radical (unpaired) electrons. The first kappa shape index (κ1) is 33.6. The minimum Gasteiger partial charge on any atom is -0.310 e. The maximum atomic E-state index is 2.44. The van der Waals surface area contributed by atoms with Crippen LogP contribution in [0.25, 0.3) is 82.4 Å². The predicted octanol–water partition coefficient (Wildman–Crippen LogP) is 15.6. The normalized spacial score (nSPS) is 11.4. The SMILES string of the molecule is c1ccc(-c2c(-c3ccccc3)c3cc(N(c4ccccc4)c4ccccc4-c4cccc5c4c4ccccc4n5-c4ccccc4)ccc3c3ccccc23)cc1. The Bertz CT molecular complexity index is 3260. The summed E-state index contributed by atoms with van der Waals surface area (Å²) in [6.45, 7) is 0. The van der Waals surface area contributed by atoms with Gasteiger partial charge in [0.1, 0.15) is 0 Å². The molecular formula is C56H38N2. The highest BCUT2D eigenvalue weighted by atomic mass is 15.1. The second kappa shape index (κ2) is 14.1. The first-order chi connectivity index (χ1) is 28.8. The number of para-hydroxylation sites is 4. The highest BCUT2D eigenvalue weighted by molar-refractivity contribution is 6.22. The van der Waals surface area contributed by atoms with Crippen LogP contribution in [0.4, 0.5) is 17.1 Å². The van der Waals surface area contributed by atoms with E-state index in [1.54, 1.807) is 0 Å². The molecule has 1 aromatic heterocycles.